The summed E-state index contributed by atoms with van der Waals surface area (Å²) in [5.41, 5.74) is 3.02. The Morgan fingerprint density at radius 2 is 1.92 bits per heavy atom. The highest BCUT2D eigenvalue weighted by Crippen LogP contribution is 2.38. The van der Waals surface area contributed by atoms with Crippen molar-refractivity contribution in [3.05, 3.63) is 58.2 Å². The van der Waals surface area contributed by atoms with E-state index in [-0.39, 0.29) is 0 Å². The summed E-state index contributed by atoms with van der Waals surface area (Å²) in [6, 6.07) is 4.38. The van der Waals surface area contributed by atoms with Crippen LogP contribution in [0.1, 0.15) is 46.2 Å². The van der Waals surface area contributed by atoms with Crippen molar-refractivity contribution in [2.75, 3.05) is 6.54 Å². The molecule has 0 spiro atoms. The average Bonchev–Trinajstić information content (AvgIpc) is 3.32. The quantitative estimate of drug-likeness (QED) is 0.827. The highest BCUT2D eigenvalue weighted by molar-refractivity contribution is 5.94. The van der Waals surface area contributed by atoms with Gasteiger partial charge in [0.05, 0.1) is 5.56 Å². The topological polar surface area (TPSA) is 34.0 Å². The maximum Gasteiger partial charge on any atom is 0.254 e. The van der Waals surface area contributed by atoms with Gasteiger partial charge in [0.15, 0.2) is 17.5 Å². The van der Waals surface area contributed by atoms with Crippen LogP contribution < -0.4 is 5.32 Å². The molecule has 24 heavy (non-hydrogen) atoms. The molecule has 2 aromatic rings. The van der Waals surface area contributed by atoms with Crippen LogP contribution >= 0.6 is 0 Å². The summed E-state index contributed by atoms with van der Waals surface area (Å²) in [6.07, 6.45) is 2.99. The van der Waals surface area contributed by atoms with Crippen molar-refractivity contribution in [2.24, 2.45) is 0 Å². The molecule has 1 fully saturated rings. The summed E-state index contributed by atoms with van der Waals surface area (Å²) in [5.74, 6) is -5.14. The molecule has 0 radical (unpaired) electrons. The van der Waals surface area contributed by atoms with E-state index in [0.29, 0.717) is 19.0 Å². The molecular weight excluding hydrogens is 317 g/mol. The Balaban J connectivity index is 1.64. The van der Waals surface area contributed by atoms with Crippen LogP contribution in [0.2, 0.25) is 0 Å². The molecule has 128 valence electrons. The minimum Gasteiger partial charge on any atom is -0.352 e. The van der Waals surface area contributed by atoms with Crippen LogP contribution in [0.25, 0.3) is 0 Å². The first-order valence-corrected chi connectivity index (χ1v) is 7.99. The van der Waals surface area contributed by atoms with Crippen molar-refractivity contribution in [3.8, 4) is 0 Å². The fourth-order valence-corrected chi connectivity index (χ4v) is 3.10. The fourth-order valence-electron chi connectivity index (χ4n) is 3.10. The first-order chi connectivity index (χ1) is 11.4. The standard InChI is InChI=1S/C18H19F3N2O/c1-10-9-12(11(2)23(10)13-3-4-13)7-8-22-18(24)14-5-6-15(19)17(21)16(14)20/h5-6,9,13H,3-4,7-8H2,1-2H3,(H,22,24). The number of carbonyl (C=O) groups is 1. The monoisotopic (exact) mass is 336 g/mol. The van der Waals surface area contributed by atoms with Gasteiger partial charge in [-0.2, -0.15) is 0 Å². The van der Waals surface area contributed by atoms with E-state index in [4.69, 9.17) is 0 Å². The second-order valence-electron chi connectivity index (χ2n) is 6.23. The maximum atomic E-state index is 13.6. The molecule has 3 nitrogen and oxygen atoms in total. The van der Waals surface area contributed by atoms with Crippen LogP contribution in [0.15, 0.2) is 18.2 Å². The van der Waals surface area contributed by atoms with Gasteiger partial charge in [0.1, 0.15) is 0 Å². The van der Waals surface area contributed by atoms with Crippen LogP contribution in [0.4, 0.5) is 13.2 Å². The smallest absolute Gasteiger partial charge is 0.254 e. The van der Waals surface area contributed by atoms with Crippen molar-refractivity contribution >= 4 is 5.91 Å². The molecule has 1 aromatic carbocycles. The highest BCUT2D eigenvalue weighted by atomic mass is 19.2. The normalized spacial score (nSPS) is 14.0. The Morgan fingerprint density at radius 3 is 2.58 bits per heavy atom. The maximum absolute atomic E-state index is 13.6. The number of benzene rings is 1. The van der Waals surface area contributed by atoms with Crippen LogP contribution in [-0.2, 0) is 6.42 Å². The molecule has 1 amide bonds. The van der Waals surface area contributed by atoms with Crippen LogP contribution in [0.5, 0.6) is 0 Å². The summed E-state index contributed by atoms with van der Waals surface area (Å²) in [5, 5.41) is 2.56. The molecule has 6 heteroatoms. The van der Waals surface area contributed by atoms with E-state index >= 15 is 0 Å². The number of nitrogens with zero attached hydrogens (tertiary/aromatic N) is 1. The van der Waals surface area contributed by atoms with E-state index in [0.717, 1.165) is 17.7 Å². The number of carbonyl (C=O) groups excluding carboxylic acids is 1. The molecule has 0 aliphatic heterocycles. The van der Waals surface area contributed by atoms with E-state index in [2.05, 4.69) is 29.8 Å². The number of hydrogen-bond donors (Lipinski definition) is 1. The van der Waals surface area contributed by atoms with Crippen molar-refractivity contribution in [2.45, 2.75) is 39.2 Å². The Labute approximate surface area is 138 Å². The average molecular weight is 336 g/mol. The highest BCUT2D eigenvalue weighted by Gasteiger charge is 2.26. The molecular formula is C18H19F3N2O. The fraction of sp³-hybridized carbons (Fsp3) is 0.389. The lowest BCUT2D eigenvalue weighted by Gasteiger charge is -2.09. The number of aromatic nitrogens is 1. The van der Waals surface area contributed by atoms with E-state index < -0.39 is 28.9 Å². The van der Waals surface area contributed by atoms with E-state index in [1.165, 1.54) is 24.2 Å². The Morgan fingerprint density at radius 1 is 1.21 bits per heavy atom. The lowest BCUT2D eigenvalue weighted by Crippen LogP contribution is -2.27. The van der Waals surface area contributed by atoms with Crippen LogP contribution in [0.3, 0.4) is 0 Å². The third kappa shape index (κ3) is 3.05. The number of amides is 1. The van der Waals surface area contributed by atoms with Gasteiger partial charge in [-0.1, -0.05) is 0 Å². The van der Waals surface area contributed by atoms with E-state index in [9.17, 15) is 18.0 Å². The lowest BCUT2D eigenvalue weighted by atomic mass is 10.1. The SMILES string of the molecule is Cc1cc(CCNC(=O)c2ccc(F)c(F)c2F)c(C)n1C1CC1. The molecule has 0 atom stereocenters. The van der Waals surface area contributed by atoms with Crippen molar-refractivity contribution in [3.63, 3.8) is 0 Å². The molecule has 1 aliphatic rings. The third-order valence-corrected chi connectivity index (χ3v) is 4.46. The zero-order valence-corrected chi connectivity index (χ0v) is 13.6. The van der Waals surface area contributed by atoms with Crippen LogP contribution in [-0.4, -0.2) is 17.0 Å². The largest absolute Gasteiger partial charge is 0.352 e. The van der Waals surface area contributed by atoms with Gasteiger partial charge in [-0.25, -0.2) is 13.2 Å². The zero-order valence-electron chi connectivity index (χ0n) is 13.6. The van der Waals surface area contributed by atoms with E-state index in [1.807, 2.05) is 0 Å². The summed E-state index contributed by atoms with van der Waals surface area (Å²) in [7, 11) is 0. The number of nitrogens with one attached hydrogen (secondary N) is 1. The number of aryl methyl sites for hydroxylation is 1. The molecule has 1 N–H and O–H groups in total. The second-order valence-corrected chi connectivity index (χ2v) is 6.23. The Hall–Kier alpha value is -2.24. The predicted octanol–water partition coefficient (Wildman–Crippen LogP) is 3.83. The summed E-state index contributed by atoms with van der Waals surface area (Å²) >= 11 is 0. The molecule has 1 aromatic heterocycles. The van der Waals surface area contributed by atoms with Gasteiger partial charge in [-0.15, -0.1) is 0 Å². The summed E-state index contributed by atoms with van der Waals surface area (Å²) in [4.78, 5) is 11.9. The minimum absolute atomic E-state index is 0.298. The van der Waals surface area contributed by atoms with Crippen molar-refractivity contribution < 1.29 is 18.0 Å². The first kappa shape index (κ1) is 16.6. The molecule has 0 bridgehead atoms. The van der Waals surface area contributed by atoms with Gasteiger partial charge in [0.25, 0.3) is 5.91 Å². The molecule has 0 unspecified atom stereocenters. The second kappa shape index (κ2) is 6.34. The lowest BCUT2D eigenvalue weighted by molar-refractivity contribution is 0.0949. The van der Waals surface area contributed by atoms with Gasteiger partial charge in [-0.3, -0.25) is 4.79 Å². The summed E-state index contributed by atoms with van der Waals surface area (Å²) in [6.45, 7) is 4.41. The van der Waals surface area contributed by atoms with Gasteiger partial charge in [0, 0.05) is 24.0 Å². The van der Waals surface area contributed by atoms with Gasteiger partial charge in [-0.05, 0) is 56.9 Å². The first-order valence-electron chi connectivity index (χ1n) is 7.99. The summed E-state index contributed by atoms with van der Waals surface area (Å²) < 4.78 is 42.0. The van der Waals surface area contributed by atoms with Gasteiger partial charge >= 0.3 is 0 Å². The molecule has 3 rings (SSSR count). The van der Waals surface area contributed by atoms with Crippen molar-refractivity contribution in [1.29, 1.82) is 0 Å². The molecule has 1 aliphatic carbocycles. The number of rotatable bonds is 5. The molecule has 0 saturated heterocycles. The minimum atomic E-state index is -1.63. The number of halogens is 3. The number of hydrogen-bond acceptors (Lipinski definition) is 1. The Bertz CT molecular complexity index is 794. The zero-order chi connectivity index (χ0) is 17.4. The van der Waals surface area contributed by atoms with Crippen LogP contribution in [0, 0.1) is 31.3 Å². The van der Waals surface area contributed by atoms with Crippen molar-refractivity contribution in [1.82, 2.24) is 9.88 Å². The predicted molar refractivity (Wildman–Crippen MR) is 84.5 cm³/mol. The molecule has 1 saturated carbocycles. The van der Waals surface area contributed by atoms with E-state index in [1.54, 1.807) is 0 Å². The third-order valence-electron chi connectivity index (χ3n) is 4.46. The van der Waals surface area contributed by atoms with Gasteiger partial charge in [0.2, 0.25) is 0 Å². The Kier molecular flexibility index (Phi) is 4.39. The van der Waals surface area contributed by atoms with Gasteiger partial charge < -0.3 is 9.88 Å². The molecule has 1 heterocycles.